The number of alkyl halides is 3. The minimum atomic E-state index is -5.22. The molecule has 1 amide bonds. The number of benzene rings is 1. The highest BCUT2D eigenvalue weighted by molar-refractivity contribution is 8.05. The molecule has 0 saturated heterocycles. The molecule has 1 aromatic carbocycles. The third-order valence-electron chi connectivity index (χ3n) is 4.18. The fraction of sp³-hybridized carbons (Fsp3) is 0.438. The summed E-state index contributed by atoms with van der Waals surface area (Å²) in [6, 6.07) is 1.61. The third-order valence-corrected chi connectivity index (χ3v) is 5.77. The number of carbonyl (C=O) groups is 1. The summed E-state index contributed by atoms with van der Waals surface area (Å²) >= 11 is 0. The minimum Gasteiger partial charge on any atom is -0.389 e. The van der Waals surface area contributed by atoms with Crippen molar-refractivity contribution in [2.45, 2.75) is 37.8 Å². The molecule has 0 atom stereocenters. The van der Waals surface area contributed by atoms with Crippen LogP contribution in [-0.4, -0.2) is 43.4 Å². The smallest absolute Gasteiger partial charge is 0.389 e. The molecule has 0 bridgehead atoms. The van der Waals surface area contributed by atoms with Gasteiger partial charge in [0.1, 0.15) is 17.0 Å². The van der Waals surface area contributed by atoms with E-state index in [2.05, 4.69) is 10.3 Å². The average molecular weight is 437 g/mol. The summed E-state index contributed by atoms with van der Waals surface area (Å²) in [6.07, 6.45) is -5.20. The Kier molecular flexibility index (Phi) is 4.84. The van der Waals surface area contributed by atoms with Crippen LogP contribution < -0.4 is 4.90 Å². The van der Waals surface area contributed by atoms with Gasteiger partial charge < -0.3 is 14.3 Å². The lowest BCUT2D eigenvalue weighted by molar-refractivity contribution is -0.170. The Bertz CT molecular complexity index is 1120. The van der Waals surface area contributed by atoms with Crippen LogP contribution in [-0.2, 0) is 25.2 Å². The fourth-order valence-corrected chi connectivity index (χ4v) is 4.15. The van der Waals surface area contributed by atoms with Gasteiger partial charge in [0.15, 0.2) is 16.4 Å². The van der Waals surface area contributed by atoms with Crippen LogP contribution in [0.2, 0.25) is 0 Å². The molecule has 13 heteroatoms. The third kappa shape index (κ3) is 4.04. The second kappa shape index (κ2) is 6.68. The number of hydrogen-bond donors (Lipinski definition) is 0. The Morgan fingerprint density at radius 3 is 2.52 bits per heavy atom. The first kappa shape index (κ1) is 21.0. The maximum absolute atomic E-state index is 14.2. The summed E-state index contributed by atoms with van der Waals surface area (Å²) in [5.74, 6) is -4.15. The van der Waals surface area contributed by atoms with Gasteiger partial charge in [0, 0.05) is 24.9 Å². The highest BCUT2D eigenvalue weighted by atomic mass is 32.2. The van der Waals surface area contributed by atoms with Gasteiger partial charge in [-0.15, -0.1) is 0 Å². The molecule has 2 heterocycles. The van der Waals surface area contributed by atoms with E-state index in [1.54, 1.807) is 13.8 Å². The highest BCUT2D eigenvalue weighted by Crippen LogP contribution is 2.32. The Hall–Kier alpha value is -2.70. The van der Waals surface area contributed by atoms with Crippen LogP contribution in [0.5, 0.6) is 0 Å². The Morgan fingerprint density at radius 2 is 1.97 bits per heavy atom. The molecule has 0 radical (unpaired) electrons. The average Bonchev–Trinajstić information content (AvgIpc) is 3.15. The van der Waals surface area contributed by atoms with Gasteiger partial charge in [-0.25, -0.2) is 12.8 Å². The number of nitrogens with zero attached hydrogens (tertiary/aromatic N) is 3. The molecule has 0 aliphatic carbocycles. The molecule has 8 nitrogen and oxygen atoms in total. The first-order valence-electron chi connectivity index (χ1n) is 8.12. The molecule has 0 fully saturated rings. The van der Waals surface area contributed by atoms with Crippen molar-refractivity contribution >= 4 is 37.4 Å². The van der Waals surface area contributed by atoms with E-state index in [9.17, 15) is 30.8 Å². The number of sulfone groups is 1. The second-order valence-electron chi connectivity index (χ2n) is 7.06. The van der Waals surface area contributed by atoms with Crippen LogP contribution in [0.25, 0.3) is 11.0 Å². The van der Waals surface area contributed by atoms with E-state index in [0.29, 0.717) is 0 Å². The summed E-state index contributed by atoms with van der Waals surface area (Å²) < 4.78 is 82.2. The van der Waals surface area contributed by atoms with Crippen molar-refractivity contribution in [2.24, 2.45) is 5.16 Å². The van der Waals surface area contributed by atoms with Gasteiger partial charge in [0.2, 0.25) is 9.84 Å². The SMILES string of the molecule is CN(C(=O)C(F)(F)F)c1cc2c(CS(=O)(=O)C3=NOC(C)(C)C3)noc2cc1F. The molecule has 3 rings (SSSR count). The summed E-state index contributed by atoms with van der Waals surface area (Å²) in [6.45, 7) is 3.29. The number of hydrogen-bond acceptors (Lipinski definition) is 7. The van der Waals surface area contributed by atoms with E-state index in [1.165, 1.54) is 0 Å². The van der Waals surface area contributed by atoms with Crippen LogP contribution >= 0.6 is 0 Å². The maximum Gasteiger partial charge on any atom is 0.471 e. The lowest BCUT2D eigenvalue weighted by Crippen LogP contribution is -2.38. The Balaban J connectivity index is 1.98. The van der Waals surface area contributed by atoms with Gasteiger partial charge in [-0.05, 0) is 19.9 Å². The van der Waals surface area contributed by atoms with Crippen molar-refractivity contribution in [1.82, 2.24) is 5.16 Å². The number of fused-ring (bicyclic) bond motifs is 1. The van der Waals surface area contributed by atoms with Crippen molar-refractivity contribution in [3.8, 4) is 0 Å². The van der Waals surface area contributed by atoms with Crippen molar-refractivity contribution in [3.05, 3.63) is 23.6 Å². The number of rotatable bonds is 3. The normalized spacial score (nSPS) is 16.6. The van der Waals surface area contributed by atoms with Crippen molar-refractivity contribution in [2.75, 3.05) is 11.9 Å². The Morgan fingerprint density at radius 1 is 1.31 bits per heavy atom. The largest absolute Gasteiger partial charge is 0.471 e. The van der Waals surface area contributed by atoms with Crippen molar-refractivity contribution in [1.29, 1.82) is 0 Å². The van der Waals surface area contributed by atoms with Gasteiger partial charge in [0.25, 0.3) is 0 Å². The molecule has 1 aliphatic heterocycles. The van der Waals surface area contributed by atoms with Gasteiger partial charge in [-0.3, -0.25) is 4.79 Å². The van der Waals surface area contributed by atoms with E-state index < -0.39 is 44.8 Å². The summed E-state index contributed by atoms with van der Waals surface area (Å²) in [5, 5.41) is 6.88. The zero-order chi connectivity index (χ0) is 21.8. The van der Waals surface area contributed by atoms with E-state index in [1.807, 2.05) is 0 Å². The monoisotopic (exact) mass is 437 g/mol. The van der Waals surface area contributed by atoms with Gasteiger partial charge in [-0.2, -0.15) is 13.2 Å². The maximum atomic E-state index is 14.2. The van der Waals surface area contributed by atoms with E-state index in [0.717, 1.165) is 19.2 Å². The van der Waals surface area contributed by atoms with Crippen LogP contribution in [0.15, 0.2) is 21.8 Å². The zero-order valence-electron chi connectivity index (χ0n) is 15.4. The molecule has 158 valence electrons. The molecule has 1 aromatic heterocycles. The lowest BCUT2D eigenvalue weighted by Gasteiger charge is -2.19. The topological polar surface area (TPSA) is 102 Å². The first-order valence-corrected chi connectivity index (χ1v) is 9.77. The highest BCUT2D eigenvalue weighted by Gasteiger charge is 2.42. The standard InChI is InChI=1S/C16H15F4N3O5S/c1-15(2)6-13(22-28-15)29(25,26)7-10-8-4-11(9(17)5-12(8)27-21-10)23(3)14(24)16(18,19)20/h4-5H,6-7H2,1-3H3. The van der Waals surface area contributed by atoms with E-state index in [-0.39, 0.29) is 33.0 Å². The predicted molar refractivity (Wildman–Crippen MR) is 93.3 cm³/mol. The van der Waals surface area contributed by atoms with Crippen molar-refractivity contribution < 1.29 is 40.1 Å². The number of anilines is 1. The lowest BCUT2D eigenvalue weighted by atomic mass is 10.1. The van der Waals surface area contributed by atoms with Gasteiger partial charge in [0.05, 0.1) is 5.69 Å². The summed E-state index contributed by atoms with van der Waals surface area (Å²) in [5.41, 5.74) is -1.86. The van der Waals surface area contributed by atoms with E-state index in [4.69, 9.17) is 9.36 Å². The van der Waals surface area contributed by atoms with Gasteiger partial charge >= 0.3 is 12.1 Å². The molecule has 0 saturated carbocycles. The van der Waals surface area contributed by atoms with Crippen LogP contribution in [0.3, 0.4) is 0 Å². The molecular formula is C16H15F4N3O5S. The number of amides is 1. The quantitative estimate of drug-likeness (QED) is 0.685. The molecular weight excluding hydrogens is 422 g/mol. The molecule has 2 aromatic rings. The number of oxime groups is 1. The minimum absolute atomic E-state index is 0.0216. The molecule has 0 spiro atoms. The second-order valence-corrected chi connectivity index (χ2v) is 9.05. The Labute approximate surface area is 162 Å². The molecule has 29 heavy (non-hydrogen) atoms. The number of aromatic nitrogens is 1. The first-order chi connectivity index (χ1) is 13.2. The zero-order valence-corrected chi connectivity index (χ0v) is 16.2. The van der Waals surface area contributed by atoms with Crippen molar-refractivity contribution in [3.63, 3.8) is 0 Å². The molecule has 0 unspecified atom stereocenters. The van der Waals surface area contributed by atoms with E-state index >= 15 is 0 Å². The predicted octanol–water partition coefficient (Wildman–Crippen LogP) is 2.92. The molecule has 1 aliphatic rings. The number of carbonyl (C=O) groups excluding carboxylic acids is 1. The summed E-state index contributed by atoms with van der Waals surface area (Å²) in [4.78, 5) is 16.5. The van der Waals surface area contributed by atoms with Crippen LogP contribution in [0.4, 0.5) is 23.2 Å². The number of halogens is 4. The fourth-order valence-electron chi connectivity index (χ4n) is 2.69. The van der Waals surface area contributed by atoms with Crippen LogP contribution in [0, 0.1) is 5.82 Å². The van der Waals surface area contributed by atoms with Gasteiger partial charge in [-0.1, -0.05) is 10.3 Å². The summed E-state index contributed by atoms with van der Waals surface area (Å²) in [7, 11) is -3.23. The molecule has 0 N–H and O–H groups in total. The van der Waals surface area contributed by atoms with Crippen LogP contribution in [0.1, 0.15) is 26.0 Å².